The van der Waals surface area contributed by atoms with Gasteiger partial charge in [-0.3, -0.25) is 14.8 Å². The van der Waals surface area contributed by atoms with E-state index in [1.807, 2.05) is 23.6 Å². The van der Waals surface area contributed by atoms with Crippen molar-refractivity contribution in [1.29, 1.82) is 0 Å². The molecule has 2 aromatic rings. The second-order valence-electron chi connectivity index (χ2n) is 9.83. The average molecular weight is 453 g/mol. The molecule has 9 nitrogen and oxygen atoms in total. The van der Waals surface area contributed by atoms with Crippen molar-refractivity contribution >= 4 is 17.8 Å². The SMILES string of the molecule is COc1cccc(C(=O)Nc2n[nH]c3c2CN(C(=O)N2C[C@@H]4CCCN4CC2C)C3(C)C)c1. The second-order valence-corrected chi connectivity index (χ2v) is 9.83. The first-order valence-electron chi connectivity index (χ1n) is 11.6. The van der Waals surface area contributed by atoms with Gasteiger partial charge in [0.1, 0.15) is 5.75 Å². The Morgan fingerprint density at radius 2 is 2.09 bits per heavy atom. The maximum atomic E-state index is 13.7. The third-order valence-corrected chi connectivity index (χ3v) is 7.45. The highest BCUT2D eigenvalue weighted by atomic mass is 16.5. The third-order valence-electron chi connectivity index (χ3n) is 7.45. The second kappa shape index (κ2) is 8.06. The summed E-state index contributed by atoms with van der Waals surface area (Å²) in [6.07, 6.45) is 2.37. The number of carbonyl (C=O) groups excluding carboxylic acids is 2. The van der Waals surface area contributed by atoms with Gasteiger partial charge in [0.05, 0.1) is 24.9 Å². The standard InChI is InChI=1S/C24H32N6O3/c1-15-12-28-10-6-8-17(28)13-29(15)23(32)30-14-19-20(24(30,2)3)26-27-21(19)25-22(31)16-7-5-9-18(11-16)33-4/h5,7,9,11,15,17H,6,8,10,12-14H2,1-4H3,(H2,25,26,27,31)/t15?,17-/m0/s1. The number of hydrogen-bond donors (Lipinski definition) is 2. The van der Waals surface area contributed by atoms with Gasteiger partial charge in [0.15, 0.2) is 5.82 Å². The zero-order chi connectivity index (χ0) is 23.3. The van der Waals surface area contributed by atoms with Crippen molar-refractivity contribution in [2.45, 2.75) is 57.8 Å². The molecule has 1 aromatic heterocycles. The Morgan fingerprint density at radius 3 is 2.88 bits per heavy atom. The largest absolute Gasteiger partial charge is 0.497 e. The van der Waals surface area contributed by atoms with E-state index in [9.17, 15) is 9.59 Å². The lowest BCUT2D eigenvalue weighted by atomic mass is 10.0. The van der Waals surface area contributed by atoms with E-state index in [1.165, 1.54) is 6.42 Å². The molecule has 5 rings (SSSR count). The molecule has 33 heavy (non-hydrogen) atoms. The fourth-order valence-electron chi connectivity index (χ4n) is 5.48. The first-order chi connectivity index (χ1) is 15.8. The molecule has 1 aromatic carbocycles. The average Bonchev–Trinajstić information content (AvgIpc) is 3.48. The summed E-state index contributed by atoms with van der Waals surface area (Å²) in [4.78, 5) is 33.0. The minimum absolute atomic E-state index is 0.0497. The number of aromatic amines is 1. The van der Waals surface area contributed by atoms with Crippen molar-refractivity contribution in [2.75, 3.05) is 32.1 Å². The van der Waals surface area contributed by atoms with E-state index in [0.29, 0.717) is 29.7 Å². The number of ether oxygens (including phenoxy) is 1. The third kappa shape index (κ3) is 3.64. The fourth-order valence-corrected chi connectivity index (χ4v) is 5.48. The highest BCUT2D eigenvalue weighted by molar-refractivity contribution is 6.04. The highest BCUT2D eigenvalue weighted by Crippen LogP contribution is 2.41. The number of nitrogens with one attached hydrogen (secondary N) is 2. The van der Waals surface area contributed by atoms with E-state index in [1.54, 1.807) is 31.4 Å². The van der Waals surface area contributed by atoms with E-state index in [0.717, 1.165) is 37.3 Å². The van der Waals surface area contributed by atoms with Crippen LogP contribution in [0.4, 0.5) is 10.6 Å². The van der Waals surface area contributed by atoms with Crippen LogP contribution in [0.2, 0.25) is 0 Å². The molecule has 176 valence electrons. The van der Waals surface area contributed by atoms with Gasteiger partial charge < -0.3 is 19.9 Å². The van der Waals surface area contributed by atoms with E-state index in [4.69, 9.17) is 4.74 Å². The highest BCUT2D eigenvalue weighted by Gasteiger charge is 2.47. The number of benzene rings is 1. The zero-order valence-corrected chi connectivity index (χ0v) is 19.7. The quantitative estimate of drug-likeness (QED) is 0.747. The van der Waals surface area contributed by atoms with Gasteiger partial charge in [0, 0.05) is 36.3 Å². The Hall–Kier alpha value is -3.07. The summed E-state index contributed by atoms with van der Waals surface area (Å²) in [6.45, 7) is 9.44. The summed E-state index contributed by atoms with van der Waals surface area (Å²) in [6, 6.07) is 7.67. The summed E-state index contributed by atoms with van der Waals surface area (Å²) in [5.74, 6) is 0.816. The minimum atomic E-state index is -0.551. The number of urea groups is 1. The zero-order valence-electron chi connectivity index (χ0n) is 19.7. The number of rotatable bonds is 3. The van der Waals surface area contributed by atoms with Crippen molar-refractivity contribution < 1.29 is 14.3 Å². The molecule has 0 bridgehead atoms. The number of methoxy groups -OCH3 is 1. The Morgan fingerprint density at radius 1 is 1.27 bits per heavy atom. The van der Waals surface area contributed by atoms with Crippen LogP contribution in [0.25, 0.3) is 0 Å². The summed E-state index contributed by atoms with van der Waals surface area (Å²) < 4.78 is 5.22. The van der Waals surface area contributed by atoms with Gasteiger partial charge in [-0.05, 0) is 58.4 Å². The van der Waals surface area contributed by atoms with Gasteiger partial charge in [-0.2, -0.15) is 5.10 Å². The lowest BCUT2D eigenvalue weighted by Crippen LogP contribution is -2.60. The van der Waals surface area contributed by atoms with Crippen molar-refractivity contribution in [2.24, 2.45) is 0 Å². The Balaban J connectivity index is 1.35. The molecule has 0 saturated carbocycles. The minimum Gasteiger partial charge on any atom is -0.497 e. The smallest absolute Gasteiger partial charge is 0.321 e. The van der Waals surface area contributed by atoms with E-state index in [-0.39, 0.29) is 18.0 Å². The van der Waals surface area contributed by atoms with Gasteiger partial charge in [0.25, 0.3) is 5.91 Å². The molecule has 2 N–H and O–H groups in total. The van der Waals surface area contributed by atoms with Gasteiger partial charge in [-0.25, -0.2) is 4.79 Å². The maximum Gasteiger partial charge on any atom is 0.321 e. The van der Waals surface area contributed by atoms with E-state index >= 15 is 0 Å². The predicted molar refractivity (Wildman–Crippen MR) is 124 cm³/mol. The number of carbonyl (C=O) groups is 2. The molecule has 0 aliphatic carbocycles. The van der Waals surface area contributed by atoms with Gasteiger partial charge in [0.2, 0.25) is 0 Å². The van der Waals surface area contributed by atoms with E-state index < -0.39 is 5.54 Å². The monoisotopic (exact) mass is 452 g/mol. The van der Waals surface area contributed by atoms with Gasteiger partial charge in [-0.15, -0.1) is 0 Å². The number of amides is 3. The molecule has 2 fully saturated rings. The predicted octanol–water partition coefficient (Wildman–Crippen LogP) is 3.01. The van der Waals surface area contributed by atoms with Crippen LogP contribution in [0.5, 0.6) is 5.75 Å². The number of fused-ring (bicyclic) bond motifs is 2. The lowest BCUT2D eigenvalue weighted by Gasteiger charge is -2.45. The molecule has 2 atom stereocenters. The maximum absolute atomic E-state index is 13.7. The van der Waals surface area contributed by atoms with Crippen LogP contribution in [0, 0.1) is 0 Å². The molecule has 9 heteroatoms. The van der Waals surface area contributed by atoms with Crippen molar-refractivity contribution in [3.8, 4) is 5.75 Å². The summed E-state index contributed by atoms with van der Waals surface area (Å²) in [5.41, 5.74) is 1.66. The molecule has 0 radical (unpaired) electrons. The number of hydrogen-bond acceptors (Lipinski definition) is 5. The summed E-state index contributed by atoms with van der Waals surface area (Å²) in [7, 11) is 1.57. The number of nitrogens with zero attached hydrogens (tertiary/aromatic N) is 4. The first kappa shape index (κ1) is 21.8. The van der Waals surface area contributed by atoms with Crippen LogP contribution < -0.4 is 10.1 Å². The summed E-state index contributed by atoms with van der Waals surface area (Å²) >= 11 is 0. The van der Waals surface area contributed by atoms with Crippen LogP contribution in [0.3, 0.4) is 0 Å². The Labute approximate surface area is 194 Å². The molecule has 2 saturated heterocycles. The Kier molecular flexibility index (Phi) is 5.31. The summed E-state index contributed by atoms with van der Waals surface area (Å²) in [5, 5.41) is 10.4. The topological polar surface area (TPSA) is 93.8 Å². The molecule has 3 aliphatic heterocycles. The molecule has 0 spiro atoms. The lowest BCUT2D eigenvalue weighted by molar-refractivity contribution is 0.0454. The fraction of sp³-hybridized carbons (Fsp3) is 0.542. The van der Waals surface area contributed by atoms with Crippen molar-refractivity contribution in [3.63, 3.8) is 0 Å². The molecule has 3 aliphatic rings. The van der Waals surface area contributed by atoms with Crippen molar-refractivity contribution in [1.82, 2.24) is 24.9 Å². The van der Waals surface area contributed by atoms with Crippen LogP contribution in [-0.2, 0) is 12.1 Å². The molecular formula is C24H32N6O3. The number of aromatic nitrogens is 2. The number of piperazine rings is 1. The van der Waals surface area contributed by atoms with Gasteiger partial charge >= 0.3 is 6.03 Å². The molecular weight excluding hydrogens is 420 g/mol. The van der Waals surface area contributed by atoms with E-state index in [2.05, 4.69) is 27.3 Å². The molecule has 1 unspecified atom stereocenters. The van der Waals surface area contributed by atoms with Crippen LogP contribution in [0.1, 0.15) is 55.2 Å². The van der Waals surface area contributed by atoms with Crippen molar-refractivity contribution in [3.05, 3.63) is 41.1 Å². The normalized spacial score (nSPS) is 23.9. The number of H-pyrrole nitrogens is 1. The first-order valence-corrected chi connectivity index (χ1v) is 11.6. The van der Waals surface area contributed by atoms with Crippen LogP contribution in [0.15, 0.2) is 24.3 Å². The van der Waals surface area contributed by atoms with Crippen LogP contribution in [-0.4, -0.2) is 75.7 Å². The Bertz CT molecular complexity index is 1080. The molecule has 3 amide bonds. The van der Waals surface area contributed by atoms with Crippen LogP contribution >= 0.6 is 0 Å². The van der Waals surface area contributed by atoms with Gasteiger partial charge in [-0.1, -0.05) is 6.07 Å². The molecule has 4 heterocycles. The number of anilines is 1.